The smallest absolute Gasteiger partial charge is 0.231 e. The molecule has 1 aliphatic heterocycles. The van der Waals surface area contributed by atoms with Crippen molar-refractivity contribution in [3.63, 3.8) is 0 Å². The molecule has 0 radical (unpaired) electrons. The van der Waals surface area contributed by atoms with Crippen LogP contribution < -0.4 is 9.47 Å². The van der Waals surface area contributed by atoms with Crippen LogP contribution >= 0.6 is 0 Å². The van der Waals surface area contributed by atoms with Gasteiger partial charge in [-0.25, -0.2) is 4.99 Å². The first-order valence-corrected chi connectivity index (χ1v) is 10.3. The first kappa shape index (κ1) is 19.5. The zero-order valence-electron chi connectivity index (χ0n) is 17.1. The SMILES string of the molecule is COc1ccc(C2(C#N)CCC3=C(CC(=O)N(C)C=N3)C2)cc1OC1CCCC1. The molecular weight excluding hydrogens is 366 g/mol. The first-order valence-electron chi connectivity index (χ1n) is 10.3. The highest BCUT2D eigenvalue weighted by Gasteiger charge is 2.39. The van der Waals surface area contributed by atoms with Crippen LogP contribution in [0.25, 0.3) is 0 Å². The molecule has 1 atom stereocenters. The fourth-order valence-electron chi connectivity index (χ4n) is 4.57. The second-order valence-corrected chi connectivity index (χ2v) is 8.24. The second-order valence-electron chi connectivity index (χ2n) is 8.24. The molecule has 1 fully saturated rings. The number of carbonyl (C=O) groups excluding carboxylic acids is 1. The number of aliphatic imine (C=N–C) groups is 1. The average Bonchev–Trinajstić information content (AvgIpc) is 3.20. The molecule has 0 aromatic heterocycles. The van der Waals surface area contributed by atoms with Crippen molar-refractivity contribution in [3.05, 3.63) is 35.0 Å². The van der Waals surface area contributed by atoms with E-state index in [2.05, 4.69) is 11.1 Å². The van der Waals surface area contributed by atoms with Crippen molar-refractivity contribution in [2.24, 2.45) is 4.99 Å². The number of allylic oxidation sites excluding steroid dienone is 1. The Labute approximate surface area is 171 Å². The molecule has 1 unspecified atom stereocenters. The van der Waals surface area contributed by atoms with Crippen molar-refractivity contribution < 1.29 is 14.3 Å². The van der Waals surface area contributed by atoms with E-state index in [9.17, 15) is 10.1 Å². The van der Waals surface area contributed by atoms with E-state index in [1.807, 2.05) is 18.2 Å². The van der Waals surface area contributed by atoms with Gasteiger partial charge in [-0.05, 0) is 68.2 Å². The normalized spacial score (nSPS) is 24.9. The molecule has 29 heavy (non-hydrogen) atoms. The van der Waals surface area contributed by atoms with E-state index < -0.39 is 5.41 Å². The Hall–Kier alpha value is -2.81. The van der Waals surface area contributed by atoms with E-state index in [1.54, 1.807) is 20.5 Å². The molecule has 152 valence electrons. The van der Waals surface area contributed by atoms with Gasteiger partial charge in [0, 0.05) is 12.7 Å². The van der Waals surface area contributed by atoms with Crippen molar-refractivity contribution in [3.8, 4) is 17.6 Å². The lowest BCUT2D eigenvalue weighted by molar-refractivity contribution is -0.125. The molecule has 1 aromatic rings. The molecule has 6 heteroatoms. The number of hydrogen-bond donors (Lipinski definition) is 0. The summed E-state index contributed by atoms with van der Waals surface area (Å²) in [5, 5.41) is 10.2. The second kappa shape index (κ2) is 7.90. The minimum atomic E-state index is -0.683. The lowest BCUT2D eigenvalue weighted by Gasteiger charge is -2.33. The van der Waals surface area contributed by atoms with Gasteiger partial charge in [-0.15, -0.1) is 0 Å². The van der Waals surface area contributed by atoms with E-state index in [1.165, 1.54) is 17.7 Å². The number of rotatable bonds is 4. The number of carbonyl (C=O) groups is 1. The van der Waals surface area contributed by atoms with Gasteiger partial charge in [0.25, 0.3) is 0 Å². The average molecular weight is 393 g/mol. The van der Waals surface area contributed by atoms with E-state index in [0.29, 0.717) is 37.2 Å². The van der Waals surface area contributed by atoms with Crippen molar-refractivity contribution in [1.82, 2.24) is 4.90 Å². The number of methoxy groups -OCH3 is 1. The standard InChI is InChI=1S/C23H27N3O3/c1-26-15-25-19-9-10-23(14-24,13-16(19)11-22(26)27)17-7-8-20(28-2)21(12-17)29-18-5-3-4-6-18/h7-8,12,15,18H,3-6,9-11,13H2,1-2H3. The number of hydrogen-bond acceptors (Lipinski definition) is 5. The summed E-state index contributed by atoms with van der Waals surface area (Å²) in [6.07, 6.45) is 8.48. The monoisotopic (exact) mass is 393 g/mol. The Kier molecular flexibility index (Phi) is 5.31. The highest BCUT2D eigenvalue weighted by atomic mass is 16.5. The van der Waals surface area contributed by atoms with Crippen LogP contribution in [-0.2, 0) is 10.2 Å². The number of benzene rings is 1. The predicted octanol–water partition coefficient (Wildman–Crippen LogP) is 4.11. The van der Waals surface area contributed by atoms with Gasteiger partial charge < -0.3 is 14.4 Å². The van der Waals surface area contributed by atoms with E-state index in [-0.39, 0.29) is 12.0 Å². The van der Waals surface area contributed by atoms with E-state index in [4.69, 9.17) is 9.47 Å². The van der Waals surface area contributed by atoms with Crippen molar-refractivity contribution in [2.75, 3.05) is 14.2 Å². The summed E-state index contributed by atoms with van der Waals surface area (Å²) in [6.45, 7) is 0. The van der Waals surface area contributed by atoms with Crippen LogP contribution in [0.5, 0.6) is 11.5 Å². The fourth-order valence-corrected chi connectivity index (χ4v) is 4.57. The summed E-state index contributed by atoms with van der Waals surface area (Å²) < 4.78 is 11.8. The molecule has 1 heterocycles. The van der Waals surface area contributed by atoms with Gasteiger partial charge in [-0.1, -0.05) is 6.07 Å². The summed E-state index contributed by atoms with van der Waals surface area (Å²) in [5.74, 6) is 1.41. The van der Waals surface area contributed by atoms with Gasteiger partial charge in [0.05, 0.1) is 37.5 Å². The first-order chi connectivity index (χ1) is 14.0. The third-order valence-electron chi connectivity index (χ3n) is 6.38. The van der Waals surface area contributed by atoms with Crippen LogP contribution in [0.15, 0.2) is 34.5 Å². The Balaban J connectivity index is 1.66. The van der Waals surface area contributed by atoms with Crippen LogP contribution in [0.3, 0.4) is 0 Å². The van der Waals surface area contributed by atoms with Gasteiger partial charge in [-0.2, -0.15) is 5.26 Å². The number of amides is 1. The molecular formula is C23H27N3O3. The molecule has 6 nitrogen and oxygen atoms in total. The molecule has 2 aliphatic carbocycles. The van der Waals surface area contributed by atoms with Crippen molar-refractivity contribution >= 4 is 12.2 Å². The van der Waals surface area contributed by atoms with Gasteiger partial charge in [0.2, 0.25) is 5.91 Å². The van der Waals surface area contributed by atoms with Crippen LogP contribution in [0, 0.1) is 11.3 Å². The minimum absolute atomic E-state index is 0.00692. The third-order valence-corrected chi connectivity index (χ3v) is 6.38. The molecule has 1 amide bonds. The van der Waals surface area contributed by atoms with Crippen LogP contribution in [0.2, 0.25) is 0 Å². The Bertz CT molecular complexity index is 908. The summed E-state index contributed by atoms with van der Waals surface area (Å²) >= 11 is 0. The molecule has 4 rings (SSSR count). The molecule has 0 bridgehead atoms. The van der Waals surface area contributed by atoms with Crippen molar-refractivity contribution in [1.29, 1.82) is 5.26 Å². The molecule has 3 aliphatic rings. The number of nitriles is 1. The van der Waals surface area contributed by atoms with Crippen LogP contribution in [-0.4, -0.2) is 37.4 Å². The fraction of sp³-hybridized carbons (Fsp3) is 0.522. The van der Waals surface area contributed by atoms with E-state index in [0.717, 1.165) is 29.7 Å². The molecule has 0 N–H and O–H groups in total. The maximum absolute atomic E-state index is 12.3. The molecule has 1 saturated carbocycles. The quantitative estimate of drug-likeness (QED) is 0.772. The topological polar surface area (TPSA) is 74.9 Å². The highest BCUT2D eigenvalue weighted by Crippen LogP contribution is 2.45. The summed E-state index contributed by atoms with van der Waals surface area (Å²) in [6, 6.07) is 8.39. The number of ether oxygens (including phenoxy) is 2. The summed E-state index contributed by atoms with van der Waals surface area (Å²) in [5.41, 5.74) is 2.16. The Morgan fingerprint density at radius 3 is 2.79 bits per heavy atom. The third kappa shape index (κ3) is 3.74. The summed E-state index contributed by atoms with van der Waals surface area (Å²) in [4.78, 5) is 18.3. The molecule has 0 spiro atoms. The van der Waals surface area contributed by atoms with E-state index >= 15 is 0 Å². The predicted molar refractivity (Wildman–Crippen MR) is 110 cm³/mol. The lowest BCUT2D eigenvalue weighted by Crippen LogP contribution is -2.30. The maximum atomic E-state index is 12.3. The largest absolute Gasteiger partial charge is 0.493 e. The Morgan fingerprint density at radius 1 is 1.28 bits per heavy atom. The van der Waals surface area contributed by atoms with Gasteiger partial charge in [-0.3, -0.25) is 4.79 Å². The highest BCUT2D eigenvalue weighted by molar-refractivity contribution is 5.90. The zero-order chi connectivity index (χ0) is 20.4. The van der Waals surface area contributed by atoms with Crippen LogP contribution in [0.1, 0.15) is 56.9 Å². The Morgan fingerprint density at radius 2 is 2.07 bits per heavy atom. The maximum Gasteiger partial charge on any atom is 0.231 e. The lowest BCUT2D eigenvalue weighted by atomic mass is 9.69. The van der Waals surface area contributed by atoms with Gasteiger partial charge >= 0.3 is 0 Å². The van der Waals surface area contributed by atoms with Gasteiger partial charge in [0.15, 0.2) is 11.5 Å². The summed E-state index contributed by atoms with van der Waals surface area (Å²) in [7, 11) is 3.36. The van der Waals surface area contributed by atoms with Crippen molar-refractivity contribution in [2.45, 2.75) is 62.9 Å². The van der Waals surface area contributed by atoms with Crippen LogP contribution in [0.4, 0.5) is 0 Å². The molecule has 1 aromatic carbocycles. The number of nitrogens with zero attached hydrogens (tertiary/aromatic N) is 3. The molecule has 0 saturated heterocycles. The minimum Gasteiger partial charge on any atom is -0.493 e. The zero-order valence-corrected chi connectivity index (χ0v) is 17.1. The van der Waals surface area contributed by atoms with Gasteiger partial charge in [0.1, 0.15) is 0 Å².